The summed E-state index contributed by atoms with van der Waals surface area (Å²) in [6, 6.07) is 0. The zero-order chi connectivity index (χ0) is 15.1. The van der Waals surface area contributed by atoms with Crippen molar-refractivity contribution in [2.24, 2.45) is 17.8 Å². The maximum atomic E-state index is 2.48. The minimum atomic E-state index is 0.121. The van der Waals surface area contributed by atoms with E-state index in [-0.39, 0.29) is 5.54 Å². The third-order valence-electron chi connectivity index (χ3n) is 4.70. The molecule has 0 bridgehead atoms. The molecule has 0 aromatic rings. The molecule has 19 heavy (non-hydrogen) atoms. The Labute approximate surface area is 120 Å². The fourth-order valence-corrected chi connectivity index (χ4v) is 3.82. The van der Waals surface area contributed by atoms with Crippen molar-refractivity contribution in [3.63, 3.8) is 0 Å². The van der Waals surface area contributed by atoms with Gasteiger partial charge in [0.1, 0.15) is 0 Å². The number of nitrogens with zero attached hydrogens (tertiary/aromatic N) is 1. The molecule has 1 aliphatic heterocycles. The zero-order valence-electron chi connectivity index (χ0n) is 14.7. The van der Waals surface area contributed by atoms with Crippen LogP contribution in [0.2, 0.25) is 0 Å². The molecule has 0 saturated carbocycles. The summed E-state index contributed by atoms with van der Waals surface area (Å²) in [5.74, 6) is 1.78. The maximum Gasteiger partial charge on any atom is 0.0559 e. The number of likely N-dealkylation sites (N-methyl/N-ethyl adjacent to an activating group) is 1. The first kappa shape index (κ1) is 16.3. The number of rotatable bonds is 3. The Morgan fingerprint density at radius 3 is 1.53 bits per heavy atom. The van der Waals surface area contributed by atoms with E-state index in [4.69, 9.17) is 0 Å². The van der Waals surface area contributed by atoms with Gasteiger partial charge in [0.2, 0.25) is 0 Å². The number of allylic oxidation sites excluding steroid dienone is 3. The molecule has 0 aromatic carbocycles. The summed E-state index contributed by atoms with van der Waals surface area (Å²) in [7, 11) is 2.25. The average molecular weight is 263 g/mol. The first-order valence-corrected chi connectivity index (χ1v) is 7.72. The molecule has 0 saturated heterocycles. The molecule has 0 amide bonds. The quantitative estimate of drug-likeness (QED) is 0.672. The van der Waals surface area contributed by atoms with Crippen molar-refractivity contribution in [1.29, 1.82) is 0 Å². The highest BCUT2D eigenvalue weighted by molar-refractivity contribution is 5.48. The lowest BCUT2D eigenvalue weighted by molar-refractivity contribution is 0.216. The normalized spacial score (nSPS) is 20.4. The fourth-order valence-electron chi connectivity index (χ4n) is 3.82. The molecule has 1 heteroatoms. The average Bonchev–Trinajstić information content (AvgIpc) is 2.23. The van der Waals surface area contributed by atoms with Crippen LogP contribution in [0.25, 0.3) is 0 Å². The summed E-state index contributed by atoms with van der Waals surface area (Å²) in [4.78, 5) is 2.48. The van der Waals surface area contributed by atoms with E-state index >= 15 is 0 Å². The molecular weight excluding hydrogens is 230 g/mol. The van der Waals surface area contributed by atoms with E-state index in [0.717, 1.165) is 0 Å². The lowest BCUT2D eigenvalue weighted by Gasteiger charge is -2.49. The Balaban J connectivity index is 3.68. The van der Waals surface area contributed by atoms with Gasteiger partial charge in [-0.1, -0.05) is 41.5 Å². The van der Waals surface area contributed by atoms with Crippen molar-refractivity contribution in [3.8, 4) is 0 Å². The number of hydrogen-bond acceptors (Lipinski definition) is 1. The van der Waals surface area contributed by atoms with Crippen molar-refractivity contribution >= 4 is 0 Å². The lowest BCUT2D eigenvalue weighted by Crippen LogP contribution is -2.47. The van der Waals surface area contributed by atoms with E-state index in [1.807, 2.05) is 0 Å². The molecule has 0 radical (unpaired) electrons. The van der Waals surface area contributed by atoms with E-state index in [1.54, 1.807) is 16.7 Å². The van der Waals surface area contributed by atoms with Gasteiger partial charge in [-0.2, -0.15) is 0 Å². The second-order valence-electron chi connectivity index (χ2n) is 7.41. The van der Waals surface area contributed by atoms with E-state index < -0.39 is 0 Å². The molecule has 0 atom stereocenters. The van der Waals surface area contributed by atoms with E-state index in [1.165, 1.54) is 5.70 Å². The van der Waals surface area contributed by atoms with Crippen molar-refractivity contribution in [2.45, 2.75) is 67.9 Å². The van der Waals surface area contributed by atoms with Crippen LogP contribution in [0.15, 0.2) is 22.4 Å². The number of hydrogen-bond donors (Lipinski definition) is 0. The van der Waals surface area contributed by atoms with Gasteiger partial charge in [0.25, 0.3) is 0 Å². The molecular formula is C18H33N. The van der Waals surface area contributed by atoms with Gasteiger partial charge in [0.15, 0.2) is 0 Å². The molecule has 1 rings (SSSR count). The maximum absolute atomic E-state index is 2.48. The minimum Gasteiger partial charge on any atom is -0.369 e. The van der Waals surface area contributed by atoms with E-state index in [2.05, 4.69) is 74.3 Å². The van der Waals surface area contributed by atoms with Crippen LogP contribution in [0, 0.1) is 17.8 Å². The van der Waals surface area contributed by atoms with Crippen molar-refractivity contribution in [1.82, 2.24) is 4.90 Å². The smallest absolute Gasteiger partial charge is 0.0559 e. The minimum absolute atomic E-state index is 0.121. The molecule has 1 nitrogen and oxygen atoms in total. The van der Waals surface area contributed by atoms with Gasteiger partial charge < -0.3 is 4.90 Å². The first-order valence-electron chi connectivity index (χ1n) is 7.72. The topological polar surface area (TPSA) is 3.24 Å². The SMILES string of the molecule is CC1=C(C(C)C)C(C(C)C)=C(C(C)C)C(C)(C)N1C. The first-order chi connectivity index (χ1) is 8.53. The van der Waals surface area contributed by atoms with Gasteiger partial charge in [-0.3, -0.25) is 0 Å². The highest BCUT2D eigenvalue weighted by atomic mass is 15.2. The summed E-state index contributed by atoms with van der Waals surface area (Å²) < 4.78 is 0. The fraction of sp³-hybridized carbons (Fsp3) is 0.778. The Bertz CT molecular complexity index is 405. The van der Waals surface area contributed by atoms with Crippen LogP contribution in [-0.2, 0) is 0 Å². The summed E-state index contributed by atoms with van der Waals surface area (Å²) >= 11 is 0. The van der Waals surface area contributed by atoms with Gasteiger partial charge in [0, 0.05) is 12.7 Å². The summed E-state index contributed by atoms with van der Waals surface area (Å²) in [5.41, 5.74) is 6.38. The molecule has 0 aliphatic carbocycles. The predicted molar refractivity (Wildman–Crippen MR) is 86.1 cm³/mol. The Morgan fingerprint density at radius 2 is 1.21 bits per heavy atom. The van der Waals surface area contributed by atoms with Crippen molar-refractivity contribution in [2.75, 3.05) is 7.05 Å². The molecule has 0 spiro atoms. The summed E-state index contributed by atoms with van der Waals surface area (Å²) in [5, 5.41) is 0. The molecule has 0 aromatic heterocycles. The van der Waals surface area contributed by atoms with E-state index in [9.17, 15) is 0 Å². The predicted octanol–water partition coefficient (Wildman–Crippen LogP) is 5.25. The second-order valence-corrected chi connectivity index (χ2v) is 7.41. The molecule has 0 fully saturated rings. The summed E-state index contributed by atoms with van der Waals surface area (Å²) in [6.45, 7) is 21.0. The zero-order valence-corrected chi connectivity index (χ0v) is 14.7. The highest BCUT2D eigenvalue weighted by Gasteiger charge is 2.39. The van der Waals surface area contributed by atoms with Crippen molar-refractivity contribution < 1.29 is 0 Å². The Kier molecular flexibility index (Phi) is 4.59. The molecule has 1 aliphatic rings. The standard InChI is InChI=1S/C18H33N/c1-11(2)15-14(7)19(10)18(8,9)17(13(5)6)16(15)12(3)4/h11-13H,1-10H3. The molecule has 0 unspecified atom stereocenters. The van der Waals surface area contributed by atoms with Crippen molar-refractivity contribution in [3.05, 3.63) is 22.4 Å². The van der Waals surface area contributed by atoms with E-state index in [0.29, 0.717) is 17.8 Å². The Hall–Kier alpha value is -0.720. The van der Waals surface area contributed by atoms with Crippen LogP contribution in [0.3, 0.4) is 0 Å². The van der Waals surface area contributed by atoms with Gasteiger partial charge in [-0.15, -0.1) is 0 Å². The van der Waals surface area contributed by atoms with Gasteiger partial charge in [-0.25, -0.2) is 0 Å². The monoisotopic (exact) mass is 263 g/mol. The van der Waals surface area contributed by atoms with Crippen LogP contribution in [-0.4, -0.2) is 17.5 Å². The lowest BCUT2D eigenvalue weighted by atomic mass is 9.70. The molecule has 110 valence electrons. The third-order valence-corrected chi connectivity index (χ3v) is 4.70. The van der Waals surface area contributed by atoms with Gasteiger partial charge in [-0.05, 0) is 55.2 Å². The van der Waals surface area contributed by atoms with Crippen LogP contribution in [0.4, 0.5) is 0 Å². The van der Waals surface area contributed by atoms with Crippen LogP contribution >= 0.6 is 0 Å². The largest absolute Gasteiger partial charge is 0.369 e. The van der Waals surface area contributed by atoms with Crippen LogP contribution in [0.5, 0.6) is 0 Å². The van der Waals surface area contributed by atoms with Gasteiger partial charge in [0.05, 0.1) is 5.54 Å². The molecule has 0 N–H and O–H groups in total. The van der Waals surface area contributed by atoms with Crippen LogP contribution < -0.4 is 0 Å². The Morgan fingerprint density at radius 1 is 0.789 bits per heavy atom. The summed E-state index contributed by atoms with van der Waals surface area (Å²) in [6.07, 6.45) is 0. The third kappa shape index (κ3) is 2.61. The molecule has 1 heterocycles. The second kappa shape index (κ2) is 5.34. The van der Waals surface area contributed by atoms with Gasteiger partial charge >= 0.3 is 0 Å². The highest BCUT2D eigenvalue weighted by Crippen LogP contribution is 2.45. The van der Waals surface area contributed by atoms with Crippen LogP contribution in [0.1, 0.15) is 62.3 Å².